The van der Waals surface area contributed by atoms with Gasteiger partial charge in [-0.2, -0.15) is 0 Å². The normalized spacial score (nSPS) is 12.6. The molecule has 8 heteroatoms. The van der Waals surface area contributed by atoms with Crippen LogP contribution in [0.2, 0.25) is 0 Å². The molecule has 0 saturated carbocycles. The number of nitrogens with zero attached hydrogens (tertiary/aromatic N) is 8. The first kappa shape index (κ1) is 84.1. The molecule has 18 aromatic carbocycles. The van der Waals surface area contributed by atoms with Crippen LogP contribution in [0.15, 0.2) is 340 Å². The van der Waals surface area contributed by atoms with Crippen molar-refractivity contribution >= 4 is 221 Å². The number of fused-ring (bicyclic) bond motifs is 24. The number of anilines is 12. The molecule has 0 N–H and O–H groups in total. The predicted octanol–water partition coefficient (Wildman–Crippen LogP) is 37.2. The average Bonchev–Trinajstić information content (AvgIpc) is 1.51. The average molecular weight is 1790 g/mol. The van der Waals surface area contributed by atoms with Crippen LogP contribution in [0.1, 0.15) is 148 Å². The van der Waals surface area contributed by atoms with Crippen molar-refractivity contribution in [2.45, 2.75) is 147 Å². The van der Waals surface area contributed by atoms with Crippen LogP contribution in [-0.2, 0) is 10.8 Å². The Morgan fingerprint density at radius 2 is 0.391 bits per heavy atom. The summed E-state index contributed by atoms with van der Waals surface area (Å²) in [6.07, 6.45) is 0. The third kappa shape index (κ3) is 12.9. The molecule has 0 aliphatic heterocycles. The van der Waals surface area contributed by atoms with E-state index in [1.54, 1.807) is 0 Å². The highest BCUT2D eigenvalue weighted by molar-refractivity contribution is 6.35. The quantitative estimate of drug-likeness (QED) is 0.109. The van der Waals surface area contributed by atoms with Gasteiger partial charge in [0.15, 0.2) is 0 Å². The van der Waals surface area contributed by atoms with Gasteiger partial charge < -0.3 is 37.2 Å². The second kappa shape index (κ2) is 30.9. The van der Waals surface area contributed by atoms with Crippen molar-refractivity contribution in [2.24, 2.45) is 0 Å². The van der Waals surface area contributed by atoms with Gasteiger partial charge in [-0.25, -0.2) is 0 Å². The summed E-state index contributed by atoms with van der Waals surface area (Å²) < 4.78 is 10.2. The van der Waals surface area contributed by atoms with Crippen LogP contribution in [0.25, 0.3) is 152 Å². The Labute approximate surface area is 806 Å². The molecule has 0 unspecified atom stereocenters. The molecule has 0 amide bonds. The molecular weight excluding hydrogens is 1670 g/mol. The second-order valence-electron chi connectivity index (χ2n) is 42.4. The molecule has 0 atom stereocenters. The Kier molecular flexibility index (Phi) is 18.9. The molecule has 8 aromatic heterocycles. The molecule has 8 heterocycles. The Bertz CT molecular complexity index is 8820. The van der Waals surface area contributed by atoms with Crippen LogP contribution in [-0.4, -0.2) is 17.6 Å². The largest absolute Gasteiger partial charge is 0.310 e. The molecule has 0 spiro atoms. The minimum Gasteiger partial charge on any atom is -0.310 e. The molecule has 26 rings (SSSR count). The minimum absolute atomic E-state index is 0.0534. The number of para-hydroxylation sites is 4. The molecule has 0 fully saturated rings. The summed E-state index contributed by atoms with van der Waals surface area (Å²) in [6.45, 7) is 40.4. The van der Waals surface area contributed by atoms with E-state index in [4.69, 9.17) is 0 Å². The number of aryl methyl sites for hydroxylation is 8. The fourth-order valence-corrected chi connectivity index (χ4v) is 24.0. The maximum absolute atomic E-state index is 2.56. The van der Waals surface area contributed by atoms with E-state index in [-0.39, 0.29) is 10.8 Å². The Balaban J connectivity index is 0.000000146. The lowest BCUT2D eigenvalue weighted by molar-refractivity contribution is 0.590. The fraction of sp³-hybridized carbons (Fsp3) is 0.169. The van der Waals surface area contributed by atoms with Gasteiger partial charge in [-0.15, -0.1) is 0 Å². The lowest BCUT2D eigenvalue weighted by Gasteiger charge is -2.28. The van der Waals surface area contributed by atoms with Gasteiger partial charge in [-0.3, -0.25) is 0 Å². The maximum Gasteiger partial charge on any atom is 0.0641 e. The Morgan fingerprint density at radius 3 is 0.594 bits per heavy atom. The highest BCUT2D eigenvalue weighted by Gasteiger charge is 2.34. The van der Waals surface area contributed by atoms with Gasteiger partial charge in [0.1, 0.15) is 0 Å². The highest BCUT2D eigenvalue weighted by Crippen LogP contribution is 2.56. The minimum atomic E-state index is 0.0534. The van der Waals surface area contributed by atoms with Crippen LogP contribution >= 0.6 is 0 Å². The summed E-state index contributed by atoms with van der Waals surface area (Å²) in [5.74, 6) is 0.911. The van der Waals surface area contributed by atoms with E-state index < -0.39 is 0 Å². The third-order valence-corrected chi connectivity index (χ3v) is 30.0. The molecule has 0 bridgehead atoms. The number of aromatic nitrogens is 4. The van der Waals surface area contributed by atoms with Crippen LogP contribution in [0.4, 0.5) is 68.2 Å². The monoisotopic (exact) mass is 1780 g/mol. The van der Waals surface area contributed by atoms with E-state index in [1.807, 2.05) is 0 Å². The van der Waals surface area contributed by atoms with Crippen LogP contribution in [0.3, 0.4) is 0 Å². The third-order valence-electron chi connectivity index (χ3n) is 30.0. The van der Waals surface area contributed by atoms with Crippen molar-refractivity contribution in [3.05, 3.63) is 406 Å². The van der Waals surface area contributed by atoms with Gasteiger partial charge in [0.05, 0.1) is 88.9 Å². The van der Waals surface area contributed by atoms with Crippen LogP contribution in [0, 0.1) is 55.4 Å². The molecule has 672 valence electrons. The summed E-state index contributed by atoms with van der Waals surface area (Å²) in [5, 5.41) is 20.2. The van der Waals surface area contributed by atoms with Crippen molar-refractivity contribution in [1.29, 1.82) is 0 Å². The van der Waals surface area contributed by atoms with Gasteiger partial charge in [-0.05, 0) is 315 Å². The molecule has 26 aromatic rings. The van der Waals surface area contributed by atoms with Gasteiger partial charge in [-0.1, -0.05) is 239 Å². The summed E-state index contributed by atoms with van der Waals surface area (Å²) in [4.78, 5) is 9.95. The van der Waals surface area contributed by atoms with Crippen molar-refractivity contribution < 1.29 is 0 Å². The lowest BCUT2D eigenvalue weighted by atomic mass is 9.87. The topological polar surface area (TPSA) is 30.6 Å². The first-order valence-electron chi connectivity index (χ1n) is 49.2. The second-order valence-corrected chi connectivity index (χ2v) is 42.4. The summed E-state index contributed by atoms with van der Waals surface area (Å²) in [7, 11) is 0. The Morgan fingerprint density at radius 1 is 0.188 bits per heavy atom. The lowest BCUT2D eigenvalue weighted by Crippen LogP contribution is -2.13. The molecule has 0 aliphatic carbocycles. The zero-order chi connectivity index (χ0) is 94.4. The van der Waals surface area contributed by atoms with Crippen LogP contribution < -0.4 is 19.6 Å². The first-order chi connectivity index (χ1) is 66.6. The summed E-state index contributed by atoms with van der Waals surface area (Å²) in [5.41, 5.74) is 44.3. The van der Waals surface area contributed by atoms with E-state index in [0.717, 1.165) is 22.7 Å². The number of rotatable bonds is 14. The summed E-state index contributed by atoms with van der Waals surface area (Å²) in [6, 6.07) is 130. The predicted molar refractivity (Wildman–Crippen MR) is 594 cm³/mol. The van der Waals surface area contributed by atoms with Crippen LogP contribution in [0.5, 0.6) is 0 Å². The van der Waals surface area contributed by atoms with Crippen molar-refractivity contribution in [1.82, 2.24) is 17.6 Å². The molecular formula is C130H112N8. The molecule has 0 saturated heterocycles. The summed E-state index contributed by atoms with van der Waals surface area (Å²) >= 11 is 0. The molecule has 8 nitrogen and oxygen atoms in total. The Hall–Kier alpha value is -15.6. The SMILES string of the molecule is Cc1cc(C)cc(N(c2ccc(C(C)(C)C)cc2)c2ccc3c4cc5c(cc4n4c6ccccc6c2c34)c2ccc(N(c3ccc(C(C)(C)C)cc3)c3cc(C)cc(C)c3)c3c4ccccc4n5c23)c1.Cc1cc(C)cc(N(c2ccc(C(C)C)cc2)c2ccc3c4cc5c(cc4n4c6ccccc6c2c34)c2ccc(N(c3ccc(C(C)C)cc3)c3cc(C)cc(C)c3)c3c4ccccc4n5c23)c1. The number of hydrogen-bond acceptors (Lipinski definition) is 4. The number of benzene rings is 18. The molecule has 0 aliphatic rings. The van der Waals surface area contributed by atoms with Gasteiger partial charge in [0.2, 0.25) is 0 Å². The van der Waals surface area contributed by atoms with E-state index in [1.165, 1.54) is 265 Å². The van der Waals surface area contributed by atoms with E-state index >= 15 is 0 Å². The smallest absolute Gasteiger partial charge is 0.0641 e. The standard InChI is InChI=1S/C66H58N4.C64H54N4/c1-39-31-40(2)34-47(33-39)67(45-23-19-43(20-24-45)65(5,6)7)57-29-27-49-53-37-60-54(38-59(53)69-55-17-13-11-15-51(55)61(57)63(49)69)50-28-30-58(62-52-16-12-14-18-56(52)70(60)64(50)62)68(48-35-41(3)32-42(4)36-48)46-25-21-44(22-26-46)66(8,9)10;1-37(2)43-17-21-45(22-18-43)65(47-31-39(5)29-40(6)32-47)57-27-25-49-53-35-60-54(36-59(53)67-55-15-11-9-13-51(55)61(57)63(49)67)50-26-28-58(62-52-14-10-12-16-56(52)68(60)64(50)62)66(48-33-41(7)30-42(8)34-48)46-23-19-44(20-24-46)38(3)4/h11-38H,1-10H3;9-38H,1-8H3. The first-order valence-corrected chi connectivity index (χ1v) is 49.2. The van der Waals surface area contributed by atoms with Crippen molar-refractivity contribution in [3.63, 3.8) is 0 Å². The zero-order valence-electron chi connectivity index (χ0n) is 82.1. The van der Waals surface area contributed by atoms with Crippen molar-refractivity contribution in [3.8, 4) is 0 Å². The van der Waals surface area contributed by atoms with Gasteiger partial charge in [0, 0.05) is 132 Å². The molecule has 0 radical (unpaired) electrons. The molecule has 138 heavy (non-hydrogen) atoms. The number of hydrogen-bond donors (Lipinski definition) is 0. The van der Waals surface area contributed by atoms with Crippen molar-refractivity contribution in [2.75, 3.05) is 19.6 Å². The highest BCUT2D eigenvalue weighted by atomic mass is 15.2. The zero-order valence-corrected chi connectivity index (χ0v) is 82.1. The maximum atomic E-state index is 2.56. The van der Waals surface area contributed by atoms with E-state index in [2.05, 4.69) is 502 Å². The van der Waals surface area contributed by atoms with Gasteiger partial charge in [0.25, 0.3) is 0 Å². The fourth-order valence-electron chi connectivity index (χ4n) is 24.0. The van der Waals surface area contributed by atoms with Gasteiger partial charge >= 0.3 is 0 Å². The van der Waals surface area contributed by atoms with E-state index in [9.17, 15) is 0 Å². The van der Waals surface area contributed by atoms with E-state index in [0.29, 0.717) is 11.8 Å².